The number of halogens is 1. The van der Waals surface area contributed by atoms with Crippen molar-refractivity contribution in [3.8, 4) is 5.75 Å². The van der Waals surface area contributed by atoms with Gasteiger partial charge in [0.05, 0.1) is 7.11 Å². The van der Waals surface area contributed by atoms with Crippen molar-refractivity contribution in [2.75, 3.05) is 7.11 Å². The van der Waals surface area contributed by atoms with Gasteiger partial charge in [0, 0.05) is 16.9 Å². The zero-order valence-corrected chi connectivity index (χ0v) is 10.8. The molecule has 2 nitrogen and oxygen atoms in total. The van der Waals surface area contributed by atoms with Gasteiger partial charge in [-0.1, -0.05) is 11.6 Å². The maximum absolute atomic E-state index is 6.35. The van der Waals surface area contributed by atoms with Crippen molar-refractivity contribution >= 4 is 22.5 Å². The molecular weight excluding hydrogens is 222 g/mol. The van der Waals surface area contributed by atoms with Crippen molar-refractivity contribution in [2.45, 2.75) is 26.8 Å². The second kappa shape index (κ2) is 4.02. The molecule has 86 valence electrons. The van der Waals surface area contributed by atoms with E-state index in [9.17, 15) is 0 Å². The third-order valence-electron chi connectivity index (χ3n) is 2.90. The lowest BCUT2D eigenvalue weighted by Gasteiger charge is -2.11. The van der Waals surface area contributed by atoms with Gasteiger partial charge < -0.3 is 9.30 Å². The summed E-state index contributed by atoms with van der Waals surface area (Å²) in [5, 5.41) is 1.98. The smallest absolute Gasteiger partial charge is 0.119 e. The zero-order chi connectivity index (χ0) is 11.9. The van der Waals surface area contributed by atoms with Crippen LogP contribution in [-0.4, -0.2) is 11.7 Å². The van der Waals surface area contributed by atoms with Crippen LogP contribution >= 0.6 is 11.6 Å². The topological polar surface area (TPSA) is 14.2 Å². The van der Waals surface area contributed by atoms with Gasteiger partial charge >= 0.3 is 0 Å². The summed E-state index contributed by atoms with van der Waals surface area (Å²) in [5.74, 6) is 0.869. The molecule has 0 saturated heterocycles. The fourth-order valence-electron chi connectivity index (χ4n) is 2.05. The van der Waals surface area contributed by atoms with Crippen LogP contribution in [0.15, 0.2) is 18.2 Å². The number of rotatable bonds is 2. The van der Waals surface area contributed by atoms with Crippen LogP contribution in [0.5, 0.6) is 5.75 Å². The van der Waals surface area contributed by atoms with Crippen molar-refractivity contribution in [3.05, 3.63) is 28.9 Å². The standard InChI is InChI=1S/C13H16ClNO/c1-8(2)15-12-6-5-10(16-4)7-11(12)9(3)13(15)14/h5-8H,1-4H3. The van der Waals surface area contributed by atoms with E-state index in [4.69, 9.17) is 16.3 Å². The van der Waals surface area contributed by atoms with Crippen LogP contribution < -0.4 is 4.74 Å². The number of methoxy groups -OCH3 is 1. The number of aryl methyl sites for hydroxylation is 1. The summed E-state index contributed by atoms with van der Waals surface area (Å²) >= 11 is 6.35. The van der Waals surface area contributed by atoms with Crippen LogP contribution in [0.1, 0.15) is 25.5 Å². The fraction of sp³-hybridized carbons (Fsp3) is 0.385. The van der Waals surface area contributed by atoms with Crippen LogP contribution in [0.2, 0.25) is 5.15 Å². The molecule has 0 aliphatic carbocycles. The Bertz CT molecular complexity index is 528. The number of fused-ring (bicyclic) bond motifs is 1. The first kappa shape index (κ1) is 11.3. The van der Waals surface area contributed by atoms with Crippen molar-refractivity contribution in [2.24, 2.45) is 0 Å². The minimum Gasteiger partial charge on any atom is -0.497 e. The van der Waals surface area contributed by atoms with E-state index in [2.05, 4.69) is 24.5 Å². The van der Waals surface area contributed by atoms with Gasteiger partial charge in [0.15, 0.2) is 0 Å². The minimum absolute atomic E-state index is 0.358. The van der Waals surface area contributed by atoms with E-state index in [-0.39, 0.29) is 0 Å². The van der Waals surface area contributed by atoms with E-state index in [0.29, 0.717) is 6.04 Å². The van der Waals surface area contributed by atoms with Crippen molar-refractivity contribution in [1.82, 2.24) is 4.57 Å². The number of ether oxygens (including phenoxy) is 1. The molecule has 2 rings (SSSR count). The first-order valence-electron chi connectivity index (χ1n) is 5.40. The third-order valence-corrected chi connectivity index (χ3v) is 3.37. The molecule has 0 spiro atoms. The largest absolute Gasteiger partial charge is 0.497 e. The number of benzene rings is 1. The molecule has 0 aliphatic rings. The van der Waals surface area contributed by atoms with Gasteiger partial charge in [0.2, 0.25) is 0 Å². The molecule has 0 fully saturated rings. The molecule has 1 aromatic carbocycles. The molecule has 0 radical (unpaired) electrons. The molecule has 0 atom stereocenters. The Hall–Kier alpha value is -1.15. The highest BCUT2D eigenvalue weighted by Crippen LogP contribution is 2.34. The second-order valence-corrected chi connectivity index (χ2v) is 4.62. The molecule has 0 unspecified atom stereocenters. The van der Waals surface area contributed by atoms with Gasteiger partial charge in [-0.05, 0) is 44.5 Å². The molecule has 0 aliphatic heterocycles. The van der Waals surface area contributed by atoms with Gasteiger partial charge in [-0.25, -0.2) is 0 Å². The van der Waals surface area contributed by atoms with Crippen molar-refractivity contribution in [1.29, 1.82) is 0 Å². The molecule has 1 aromatic heterocycles. The quantitative estimate of drug-likeness (QED) is 0.764. The predicted octanol–water partition coefficient (Wildman–Crippen LogP) is 4.19. The van der Waals surface area contributed by atoms with Crippen molar-refractivity contribution < 1.29 is 4.74 Å². The zero-order valence-electron chi connectivity index (χ0n) is 10.0. The van der Waals surface area contributed by atoms with Crippen molar-refractivity contribution in [3.63, 3.8) is 0 Å². The highest BCUT2D eigenvalue weighted by molar-refractivity contribution is 6.32. The van der Waals surface area contributed by atoms with E-state index in [1.165, 1.54) is 5.52 Å². The third kappa shape index (κ3) is 1.57. The average molecular weight is 238 g/mol. The van der Waals surface area contributed by atoms with Crippen LogP contribution in [-0.2, 0) is 0 Å². The Labute approximate surface area is 101 Å². The Kier molecular flexibility index (Phi) is 2.85. The molecule has 0 N–H and O–H groups in total. The lowest BCUT2D eigenvalue weighted by Crippen LogP contribution is -2.00. The molecule has 16 heavy (non-hydrogen) atoms. The van der Waals surface area contributed by atoms with Gasteiger partial charge in [-0.3, -0.25) is 0 Å². The highest BCUT2D eigenvalue weighted by atomic mass is 35.5. The molecule has 2 aromatic rings. The summed E-state index contributed by atoms with van der Waals surface area (Å²) in [6.45, 7) is 6.31. The van der Waals surface area contributed by atoms with Crippen LogP contribution in [0.25, 0.3) is 10.9 Å². The second-order valence-electron chi connectivity index (χ2n) is 4.26. The van der Waals surface area contributed by atoms with Gasteiger partial charge in [0.25, 0.3) is 0 Å². The highest BCUT2D eigenvalue weighted by Gasteiger charge is 2.14. The normalized spacial score (nSPS) is 11.4. The predicted molar refractivity (Wildman–Crippen MR) is 68.6 cm³/mol. The van der Waals surface area contributed by atoms with Gasteiger partial charge in [-0.2, -0.15) is 0 Å². The first-order chi connectivity index (χ1) is 7.56. The SMILES string of the molecule is COc1ccc2c(c1)c(C)c(Cl)n2C(C)C. The first-order valence-corrected chi connectivity index (χ1v) is 5.78. The van der Waals surface area contributed by atoms with Crippen LogP contribution in [0.4, 0.5) is 0 Å². The number of hydrogen-bond acceptors (Lipinski definition) is 1. The molecular formula is C13H16ClNO. The van der Waals surface area contributed by atoms with Gasteiger partial charge in [0.1, 0.15) is 10.9 Å². The van der Waals surface area contributed by atoms with E-state index in [1.54, 1.807) is 7.11 Å². The lowest BCUT2D eigenvalue weighted by molar-refractivity contribution is 0.415. The Morgan fingerprint density at radius 1 is 1.31 bits per heavy atom. The monoisotopic (exact) mass is 237 g/mol. The van der Waals surface area contributed by atoms with E-state index in [0.717, 1.165) is 21.9 Å². The van der Waals surface area contributed by atoms with Crippen LogP contribution in [0.3, 0.4) is 0 Å². The lowest BCUT2D eigenvalue weighted by atomic mass is 10.2. The summed E-state index contributed by atoms with van der Waals surface area (Å²) in [7, 11) is 1.68. The Balaban J connectivity index is 2.79. The van der Waals surface area contributed by atoms with E-state index < -0.39 is 0 Å². The van der Waals surface area contributed by atoms with Gasteiger partial charge in [-0.15, -0.1) is 0 Å². The number of aromatic nitrogens is 1. The molecule has 3 heteroatoms. The number of hydrogen-bond donors (Lipinski definition) is 0. The summed E-state index contributed by atoms with van der Waals surface area (Å²) in [6, 6.07) is 6.43. The molecule has 0 saturated carbocycles. The molecule has 1 heterocycles. The minimum atomic E-state index is 0.358. The summed E-state index contributed by atoms with van der Waals surface area (Å²) in [6.07, 6.45) is 0. The van der Waals surface area contributed by atoms with E-state index >= 15 is 0 Å². The fourth-order valence-corrected chi connectivity index (χ4v) is 2.44. The van der Waals surface area contributed by atoms with Crippen LogP contribution in [0, 0.1) is 6.92 Å². The summed E-state index contributed by atoms with van der Waals surface area (Å²) in [4.78, 5) is 0. The maximum Gasteiger partial charge on any atom is 0.119 e. The van der Waals surface area contributed by atoms with E-state index in [1.807, 2.05) is 19.1 Å². The molecule has 0 amide bonds. The summed E-state index contributed by atoms with van der Waals surface area (Å²) in [5.41, 5.74) is 2.28. The number of nitrogens with zero attached hydrogens (tertiary/aromatic N) is 1. The molecule has 0 bridgehead atoms. The Morgan fingerprint density at radius 2 is 2.00 bits per heavy atom. The average Bonchev–Trinajstić information content (AvgIpc) is 2.51. The summed E-state index contributed by atoms with van der Waals surface area (Å²) < 4.78 is 7.38. The Morgan fingerprint density at radius 3 is 2.56 bits per heavy atom. The maximum atomic E-state index is 6.35.